The molecule has 0 aliphatic carbocycles. The molecule has 0 aromatic heterocycles. The predicted molar refractivity (Wildman–Crippen MR) is 196 cm³/mol. The average Bonchev–Trinajstić information content (AvgIpc) is 3.15. The number of carbonyl (C=O) groups excluding carboxylic acids is 1. The molecule has 6 rings (SSSR count). The predicted octanol–water partition coefficient (Wildman–Crippen LogP) is 10.9. The molecule has 3 heteroatoms. The number of carbonyl (C=O) groups is 1. The maximum Gasteiger partial charge on any atom is 0.150 e. The van der Waals surface area contributed by atoms with Crippen LogP contribution in [0.5, 0.6) is 5.75 Å². The lowest BCUT2D eigenvalue weighted by Crippen LogP contribution is -2.10. The molecule has 0 spiro atoms. The van der Waals surface area contributed by atoms with Gasteiger partial charge >= 0.3 is 0 Å². The van der Waals surface area contributed by atoms with E-state index in [-0.39, 0.29) is 0 Å². The van der Waals surface area contributed by atoms with Gasteiger partial charge in [-0.1, -0.05) is 146 Å². The SMILES string of the molecule is COc1ccc(C(=CN(c2ccccc2)c2ccc(C=CC=C(c3ccccc3)c3ccccc3)cc2)c2ccc(C=O)cc2)cc1. The molecule has 0 radical (unpaired) electrons. The molecule has 0 aliphatic heterocycles. The van der Waals surface area contributed by atoms with Crippen LogP contribution < -0.4 is 9.64 Å². The Hall–Kier alpha value is -6.19. The second kappa shape index (κ2) is 15.2. The van der Waals surface area contributed by atoms with E-state index in [1.54, 1.807) is 7.11 Å². The smallest absolute Gasteiger partial charge is 0.150 e. The van der Waals surface area contributed by atoms with Crippen LogP contribution in [0, 0.1) is 0 Å². The van der Waals surface area contributed by atoms with Gasteiger partial charge in [0.2, 0.25) is 0 Å². The van der Waals surface area contributed by atoms with Crippen LogP contribution in [0.15, 0.2) is 182 Å². The minimum atomic E-state index is 0.640. The first-order valence-corrected chi connectivity index (χ1v) is 15.6. The number of ether oxygens (including phenoxy) is 1. The summed E-state index contributed by atoms with van der Waals surface area (Å²) < 4.78 is 5.42. The van der Waals surface area contributed by atoms with Crippen LogP contribution in [-0.4, -0.2) is 13.4 Å². The van der Waals surface area contributed by atoms with Crippen LogP contribution in [0.25, 0.3) is 17.2 Å². The lowest BCUT2D eigenvalue weighted by Gasteiger charge is -2.23. The minimum absolute atomic E-state index is 0.640. The quantitative estimate of drug-likeness (QED) is 0.108. The van der Waals surface area contributed by atoms with Gasteiger partial charge in [-0.2, -0.15) is 0 Å². The summed E-state index contributed by atoms with van der Waals surface area (Å²) in [6.07, 6.45) is 9.45. The third-order valence-electron chi connectivity index (χ3n) is 7.94. The van der Waals surface area contributed by atoms with Crippen molar-refractivity contribution in [1.29, 1.82) is 0 Å². The molecule has 228 valence electrons. The molecular weight excluding hydrogens is 574 g/mol. The van der Waals surface area contributed by atoms with Crippen molar-refractivity contribution in [2.45, 2.75) is 0 Å². The number of methoxy groups -OCH3 is 1. The Bertz CT molecular complexity index is 1930. The Morgan fingerprint density at radius 2 is 0.979 bits per heavy atom. The van der Waals surface area contributed by atoms with Crippen molar-refractivity contribution in [2.24, 2.45) is 0 Å². The molecule has 0 saturated heterocycles. The molecule has 0 unspecified atom stereocenters. The first kappa shape index (κ1) is 30.8. The highest BCUT2D eigenvalue weighted by molar-refractivity contribution is 5.86. The van der Waals surface area contributed by atoms with Crippen molar-refractivity contribution in [1.82, 2.24) is 0 Å². The molecule has 0 bridgehead atoms. The van der Waals surface area contributed by atoms with E-state index in [0.29, 0.717) is 5.56 Å². The topological polar surface area (TPSA) is 29.5 Å². The van der Waals surface area contributed by atoms with Crippen LogP contribution in [0.3, 0.4) is 0 Å². The summed E-state index contributed by atoms with van der Waals surface area (Å²) >= 11 is 0. The summed E-state index contributed by atoms with van der Waals surface area (Å²) in [5.74, 6) is 0.794. The third-order valence-corrected chi connectivity index (χ3v) is 7.94. The second-order valence-corrected chi connectivity index (χ2v) is 11.0. The number of para-hydroxylation sites is 1. The number of aldehydes is 1. The van der Waals surface area contributed by atoms with Gasteiger partial charge in [-0.05, 0) is 69.8 Å². The summed E-state index contributed by atoms with van der Waals surface area (Å²) in [7, 11) is 1.67. The number of rotatable bonds is 11. The van der Waals surface area contributed by atoms with Crippen LogP contribution in [0.4, 0.5) is 11.4 Å². The Morgan fingerprint density at radius 3 is 1.51 bits per heavy atom. The normalized spacial score (nSPS) is 11.2. The van der Waals surface area contributed by atoms with Crippen molar-refractivity contribution in [3.05, 3.63) is 216 Å². The van der Waals surface area contributed by atoms with E-state index in [1.165, 1.54) is 16.7 Å². The molecule has 0 N–H and O–H groups in total. The van der Waals surface area contributed by atoms with Crippen molar-refractivity contribution < 1.29 is 9.53 Å². The molecule has 0 saturated carbocycles. The first-order chi connectivity index (χ1) is 23.2. The lowest BCUT2D eigenvalue weighted by molar-refractivity contribution is 0.112. The van der Waals surface area contributed by atoms with Crippen LogP contribution in [0.2, 0.25) is 0 Å². The second-order valence-electron chi connectivity index (χ2n) is 11.0. The molecule has 47 heavy (non-hydrogen) atoms. The van der Waals surface area contributed by atoms with Gasteiger partial charge in [0.05, 0.1) is 7.11 Å². The summed E-state index contributed by atoms with van der Waals surface area (Å²) in [4.78, 5) is 13.6. The summed E-state index contributed by atoms with van der Waals surface area (Å²) in [6, 6.07) is 55.5. The first-order valence-electron chi connectivity index (χ1n) is 15.6. The number of hydrogen-bond donors (Lipinski definition) is 0. The van der Waals surface area contributed by atoms with Gasteiger partial charge in [0.15, 0.2) is 0 Å². The molecule has 6 aromatic rings. The number of benzene rings is 6. The number of nitrogens with zero attached hydrogens (tertiary/aromatic N) is 1. The highest BCUT2D eigenvalue weighted by atomic mass is 16.5. The molecule has 0 heterocycles. The van der Waals surface area contributed by atoms with E-state index in [0.717, 1.165) is 45.7 Å². The van der Waals surface area contributed by atoms with Gasteiger partial charge in [-0.3, -0.25) is 4.79 Å². The number of anilines is 2. The zero-order valence-corrected chi connectivity index (χ0v) is 26.2. The minimum Gasteiger partial charge on any atom is -0.497 e. The summed E-state index contributed by atoms with van der Waals surface area (Å²) in [5, 5.41) is 0. The fourth-order valence-corrected chi connectivity index (χ4v) is 5.44. The van der Waals surface area contributed by atoms with Gasteiger partial charge in [-0.25, -0.2) is 0 Å². The lowest BCUT2D eigenvalue weighted by atomic mass is 9.97. The molecule has 0 fully saturated rings. The van der Waals surface area contributed by atoms with Crippen molar-refractivity contribution in [3.63, 3.8) is 0 Å². The molecule has 3 nitrogen and oxygen atoms in total. The summed E-state index contributed by atoms with van der Waals surface area (Å²) in [5.41, 5.74) is 10.4. The van der Waals surface area contributed by atoms with E-state index >= 15 is 0 Å². The maximum absolute atomic E-state index is 11.4. The van der Waals surface area contributed by atoms with E-state index in [9.17, 15) is 4.79 Å². The summed E-state index contributed by atoms with van der Waals surface area (Å²) in [6.45, 7) is 0. The van der Waals surface area contributed by atoms with Gasteiger partial charge < -0.3 is 9.64 Å². The van der Waals surface area contributed by atoms with Crippen molar-refractivity contribution >= 4 is 34.9 Å². The third kappa shape index (κ3) is 7.73. The van der Waals surface area contributed by atoms with Crippen molar-refractivity contribution in [3.8, 4) is 5.75 Å². The monoisotopic (exact) mass is 609 g/mol. The van der Waals surface area contributed by atoms with Crippen LogP contribution in [0.1, 0.15) is 38.2 Å². The van der Waals surface area contributed by atoms with Crippen LogP contribution in [-0.2, 0) is 0 Å². The Balaban J connectivity index is 1.36. The van der Waals surface area contributed by atoms with E-state index in [2.05, 4.69) is 126 Å². The Morgan fingerprint density at radius 1 is 0.511 bits per heavy atom. The molecule has 0 aliphatic rings. The molecule has 0 atom stereocenters. The number of allylic oxidation sites excluding steroid dienone is 2. The van der Waals surface area contributed by atoms with Gasteiger partial charge in [0, 0.05) is 28.7 Å². The Labute approximate surface area is 277 Å². The maximum atomic E-state index is 11.4. The fourth-order valence-electron chi connectivity index (χ4n) is 5.44. The fraction of sp³-hybridized carbons (Fsp3) is 0.0227. The largest absolute Gasteiger partial charge is 0.497 e. The molecular formula is C44H35NO2. The Kier molecular flexibility index (Phi) is 9.97. The van der Waals surface area contributed by atoms with E-state index in [1.807, 2.05) is 66.7 Å². The van der Waals surface area contributed by atoms with E-state index < -0.39 is 0 Å². The zero-order chi connectivity index (χ0) is 32.3. The van der Waals surface area contributed by atoms with Gasteiger partial charge in [0.1, 0.15) is 12.0 Å². The standard InChI is InChI=1S/C44H35NO2/c1-47-42-30-26-39(27-31-42)44(38-24-20-35(33-46)21-25-38)32-45(40-17-9-4-10-18-40)41-28-22-34(23-29-41)12-11-19-43(36-13-5-2-6-14-36)37-15-7-3-8-16-37/h2-33H,1H3. The molecule has 6 aromatic carbocycles. The number of hydrogen-bond acceptors (Lipinski definition) is 3. The average molecular weight is 610 g/mol. The van der Waals surface area contributed by atoms with E-state index in [4.69, 9.17) is 4.74 Å². The van der Waals surface area contributed by atoms with Gasteiger partial charge in [-0.15, -0.1) is 0 Å². The highest BCUT2D eigenvalue weighted by Gasteiger charge is 2.13. The van der Waals surface area contributed by atoms with Crippen LogP contribution >= 0.6 is 0 Å². The zero-order valence-electron chi connectivity index (χ0n) is 26.2. The molecule has 0 amide bonds. The van der Waals surface area contributed by atoms with Gasteiger partial charge in [0.25, 0.3) is 0 Å². The highest BCUT2D eigenvalue weighted by Crippen LogP contribution is 2.32. The van der Waals surface area contributed by atoms with Crippen molar-refractivity contribution in [2.75, 3.05) is 12.0 Å².